The van der Waals surface area contributed by atoms with Gasteiger partial charge in [-0.15, -0.1) is 11.3 Å². The SMILES string of the molecule is Cc1cc(C)c(NC(=O)CNC(=O)C2CCCN2C(=O)Cc2cccs2)c(C)c1. The van der Waals surface area contributed by atoms with Crippen LogP contribution in [0.4, 0.5) is 5.69 Å². The van der Waals surface area contributed by atoms with Crippen LogP contribution in [-0.2, 0) is 20.8 Å². The molecule has 1 atom stereocenters. The van der Waals surface area contributed by atoms with E-state index in [1.807, 2.05) is 50.4 Å². The Morgan fingerprint density at radius 2 is 1.90 bits per heavy atom. The van der Waals surface area contributed by atoms with E-state index in [1.165, 1.54) is 11.3 Å². The predicted octanol–water partition coefficient (Wildman–Crippen LogP) is 2.96. The van der Waals surface area contributed by atoms with Gasteiger partial charge in [0.2, 0.25) is 17.7 Å². The lowest BCUT2D eigenvalue weighted by atomic mass is 10.1. The Morgan fingerprint density at radius 3 is 2.55 bits per heavy atom. The summed E-state index contributed by atoms with van der Waals surface area (Å²) in [6, 6.07) is 7.36. The molecule has 0 saturated carbocycles. The van der Waals surface area contributed by atoms with Crippen molar-refractivity contribution in [2.75, 3.05) is 18.4 Å². The number of nitrogens with one attached hydrogen (secondary N) is 2. The highest BCUT2D eigenvalue weighted by Gasteiger charge is 2.34. The Bertz CT molecular complexity index is 885. The number of amides is 3. The van der Waals surface area contributed by atoms with Crippen LogP contribution in [0.5, 0.6) is 0 Å². The lowest BCUT2D eigenvalue weighted by Crippen LogP contribution is -2.48. The molecule has 29 heavy (non-hydrogen) atoms. The predicted molar refractivity (Wildman–Crippen MR) is 115 cm³/mol. The molecule has 0 radical (unpaired) electrons. The van der Waals surface area contributed by atoms with E-state index >= 15 is 0 Å². The molecule has 1 aliphatic rings. The second kappa shape index (κ2) is 9.22. The second-order valence-electron chi connectivity index (χ2n) is 7.54. The first-order valence-electron chi connectivity index (χ1n) is 9.82. The molecule has 3 amide bonds. The van der Waals surface area contributed by atoms with E-state index in [0.717, 1.165) is 33.7 Å². The van der Waals surface area contributed by atoms with E-state index in [9.17, 15) is 14.4 Å². The van der Waals surface area contributed by atoms with Crippen molar-refractivity contribution in [1.29, 1.82) is 0 Å². The lowest BCUT2D eigenvalue weighted by molar-refractivity contribution is -0.138. The second-order valence-corrected chi connectivity index (χ2v) is 8.57. The van der Waals surface area contributed by atoms with Crippen molar-refractivity contribution in [3.63, 3.8) is 0 Å². The van der Waals surface area contributed by atoms with Gasteiger partial charge in [0.15, 0.2) is 0 Å². The number of anilines is 1. The molecule has 2 aromatic rings. The van der Waals surface area contributed by atoms with E-state index < -0.39 is 6.04 Å². The molecule has 0 aliphatic carbocycles. The summed E-state index contributed by atoms with van der Waals surface area (Å²) in [5.74, 6) is -0.585. The summed E-state index contributed by atoms with van der Waals surface area (Å²) in [7, 11) is 0. The molecule has 1 saturated heterocycles. The molecule has 3 rings (SSSR count). The Balaban J connectivity index is 1.54. The van der Waals surface area contributed by atoms with E-state index in [4.69, 9.17) is 0 Å². The highest BCUT2D eigenvalue weighted by molar-refractivity contribution is 7.10. The molecule has 0 spiro atoms. The molecule has 1 aromatic heterocycles. The van der Waals surface area contributed by atoms with Crippen molar-refractivity contribution in [2.45, 2.75) is 46.1 Å². The summed E-state index contributed by atoms with van der Waals surface area (Å²) in [4.78, 5) is 40.2. The monoisotopic (exact) mass is 413 g/mol. The molecule has 1 aliphatic heterocycles. The van der Waals surface area contributed by atoms with Gasteiger partial charge in [0.05, 0.1) is 13.0 Å². The van der Waals surface area contributed by atoms with Crippen LogP contribution in [0.3, 0.4) is 0 Å². The van der Waals surface area contributed by atoms with E-state index in [-0.39, 0.29) is 24.3 Å². The van der Waals surface area contributed by atoms with Gasteiger partial charge in [-0.25, -0.2) is 0 Å². The van der Waals surface area contributed by atoms with Crippen molar-refractivity contribution in [2.24, 2.45) is 0 Å². The molecule has 1 aromatic carbocycles. The molecule has 7 heteroatoms. The molecule has 6 nitrogen and oxygen atoms in total. The molecular weight excluding hydrogens is 386 g/mol. The summed E-state index contributed by atoms with van der Waals surface area (Å²) in [6.45, 7) is 6.37. The zero-order chi connectivity index (χ0) is 21.0. The van der Waals surface area contributed by atoms with Crippen LogP contribution in [0.15, 0.2) is 29.6 Å². The maximum absolute atomic E-state index is 12.6. The minimum atomic E-state index is -0.502. The fourth-order valence-corrected chi connectivity index (χ4v) is 4.54. The van der Waals surface area contributed by atoms with Gasteiger partial charge in [-0.05, 0) is 56.2 Å². The first-order valence-corrected chi connectivity index (χ1v) is 10.7. The molecule has 1 fully saturated rings. The number of hydrogen-bond donors (Lipinski definition) is 2. The smallest absolute Gasteiger partial charge is 0.243 e. The largest absolute Gasteiger partial charge is 0.345 e. The average molecular weight is 414 g/mol. The van der Waals surface area contributed by atoms with Crippen LogP contribution in [0.1, 0.15) is 34.4 Å². The summed E-state index contributed by atoms with van der Waals surface area (Å²) in [5.41, 5.74) is 3.90. The molecule has 0 bridgehead atoms. The van der Waals surface area contributed by atoms with Crippen molar-refractivity contribution in [3.8, 4) is 0 Å². The van der Waals surface area contributed by atoms with Gasteiger partial charge in [-0.3, -0.25) is 14.4 Å². The third kappa shape index (κ3) is 5.23. The van der Waals surface area contributed by atoms with E-state index in [1.54, 1.807) is 4.90 Å². The summed E-state index contributed by atoms with van der Waals surface area (Å²) in [6.07, 6.45) is 1.73. The number of hydrogen-bond acceptors (Lipinski definition) is 4. The van der Waals surface area contributed by atoms with Gasteiger partial charge in [0, 0.05) is 17.1 Å². The van der Waals surface area contributed by atoms with Crippen LogP contribution in [0, 0.1) is 20.8 Å². The van der Waals surface area contributed by atoms with Crippen LogP contribution in [0.25, 0.3) is 0 Å². The van der Waals surface area contributed by atoms with Crippen molar-refractivity contribution < 1.29 is 14.4 Å². The van der Waals surface area contributed by atoms with Gasteiger partial charge in [-0.1, -0.05) is 23.8 Å². The Labute approximate surface area is 175 Å². The topological polar surface area (TPSA) is 78.5 Å². The summed E-state index contributed by atoms with van der Waals surface area (Å²) in [5, 5.41) is 7.52. The number of carbonyl (C=O) groups is 3. The fourth-order valence-electron chi connectivity index (χ4n) is 3.85. The van der Waals surface area contributed by atoms with E-state index in [2.05, 4.69) is 10.6 Å². The summed E-state index contributed by atoms with van der Waals surface area (Å²) < 4.78 is 0. The number of benzene rings is 1. The number of aryl methyl sites for hydroxylation is 3. The normalized spacial score (nSPS) is 16.0. The fraction of sp³-hybridized carbons (Fsp3) is 0.409. The third-order valence-electron chi connectivity index (χ3n) is 5.15. The van der Waals surface area contributed by atoms with Crippen LogP contribution in [-0.4, -0.2) is 41.8 Å². The molecule has 1 unspecified atom stereocenters. The first kappa shape index (κ1) is 21.0. The van der Waals surface area contributed by atoms with Crippen LogP contribution < -0.4 is 10.6 Å². The maximum Gasteiger partial charge on any atom is 0.243 e. The number of likely N-dealkylation sites (tertiary alicyclic amines) is 1. The zero-order valence-corrected chi connectivity index (χ0v) is 17.9. The van der Waals surface area contributed by atoms with Crippen molar-refractivity contribution in [3.05, 3.63) is 51.2 Å². The van der Waals surface area contributed by atoms with E-state index in [0.29, 0.717) is 19.4 Å². The minimum absolute atomic E-state index is 0.0412. The van der Waals surface area contributed by atoms with Gasteiger partial charge >= 0.3 is 0 Å². The number of carbonyl (C=O) groups excluding carboxylic acids is 3. The molecule has 154 valence electrons. The molecule has 2 N–H and O–H groups in total. The number of thiophene rings is 1. The van der Waals surface area contributed by atoms with Crippen molar-refractivity contribution in [1.82, 2.24) is 10.2 Å². The Hall–Kier alpha value is -2.67. The molecule has 2 heterocycles. The van der Waals surface area contributed by atoms with Gasteiger partial charge in [-0.2, -0.15) is 0 Å². The average Bonchev–Trinajstić information content (AvgIpc) is 3.34. The zero-order valence-electron chi connectivity index (χ0n) is 17.1. The van der Waals surface area contributed by atoms with Crippen molar-refractivity contribution >= 4 is 34.7 Å². The Kier molecular flexibility index (Phi) is 6.69. The maximum atomic E-state index is 12.6. The molecular formula is C22H27N3O3S. The van der Waals surface area contributed by atoms with Gasteiger partial charge in [0.1, 0.15) is 6.04 Å². The quantitative estimate of drug-likeness (QED) is 0.764. The number of rotatable bonds is 6. The van der Waals surface area contributed by atoms with Crippen LogP contribution >= 0.6 is 11.3 Å². The standard InChI is InChI=1S/C22H27N3O3S/c1-14-10-15(2)21(16(3)11-14)24-19(26)13-23-22(28)18-7-4-8-25(18)20(27)12-17-6-5-9-29-17/h5-6,9-11,18H,4,7-8,12-13H2,1-3H3,(H,23,28)(H,24,26). The summed E-state index contributed by atoms with van der Waals surface area (Å²) >= 11 is 1.54. The lowest BCUT2D eigenvalue weighted by Gasteiger charge is -2.24. The highest BCUT2D eigenvalue weighted by atomic mass is 32.1. The Morgan fingerprint density at radius 1 is 1.17 bits per heavy atom. The van der Waals surface area contributed by atoms with Gasteiger partial charge in [0.25, 0.3) is 0 Å². The van der Waals surface area contributed by atoms with Crippen LogP contribution in [0.2, 0.25) is 0 Å². The highest BCUT2D eigenvalue weighted by Crippen LogP contribution is 2.22. The first-order chi connectivity index (χ1) is 13.8. The third-order valence-corrected chi connectivity index (χ3v) is 6.02. The van der Waals surface area contributed by atoms with Gasteiger partial charge < -0.3 is 15.5 Å². The minimum Gasteiger partial charge on any atom is -0.345 e. The number of nitrogens with zero attached hydrogens (tertiary/aromatic N) is 1.